The SMILES string of the molecule is CCCN1C(=O)NC(c2ccc(CC)cc2)C(c2nc(-c3ccc(Cl)cc3)no2)=C1C. The molecule has 0 bridgehead atoms. The molecule has 1 aliphatic heterocycles. The molecule has 2 aromatic carbocycles. The van der Waals surface area contributed by atoms with Gasteiger partial charge >= 0.3 is 6.03 Å². The van der Waals surface area contributed by atoms with Crippen molar-refractivity contribution in [1.82, 2.24) is 20.4 Å². The normalized spacial score (nSPS) is 16.6. The summed E-state index contributed by atoms with van der Waals surface area (Å²) >= 11 is 6.00. The first-order chi connectivity index (χ1) is 15.0. The van der Waals surface area contributed by atoms with Crippen molar-refractivity contribution in [3.05, 3.63) is 76.3 Å². The van der Waals surface area contributed by atoms with Gasteiger partial charge in [0.2, 0.25) is 5.82 Å². The highest BCUT2D eigenvalue weighted by molar-refractivity contribution is 6.30. The van der Waals surface area contributed by atoms with Crippen molar-refractivity contribution < 1.29 is 9.32 Å². The van der Waals surface area contributed by atoms with Crippen molar-refractivity contribution in [2.45, 2.75) is 39.7 Å². The quantitative estimate of drug-likeness (QED) is 0.525. The first-order valence-corrected chi connectivity index (χ1v) is 10.9. The molecule has 1 aromatic heterocycles. The minimum absolute atomic E-state index is 0.120. The number of hydrogen-bond acceptors (Lipinski definition) is 4. The van der Waals surface area contributed by atoms with E-state index in [2.05, 4.69) is 34.5 Å². The predicted molar refractivity (Wildman–Crippen MR) is 121 cm³/mol. The molecular weight excluding hydrogens is 412 g/mol. The Morgan fingerprint density at radius 3 is 2.45 bits per heavy atom. The van der Waals surface area contributed by atoms with Crippen LogP contribution in [0.25, 0.3) is 17.0 Å². The van der Waals surface area contributed by atoms with Crippen LogP contribution in [0.1, 0.15) is 50.3 Å². The molecule has 1 N–H and O–H groups in total. The average molecular weight is 437 g/mol. The summed E-state index contributed by atoms with van der Waals surface area (Å²) in [4.78, 5) is 19.2. The number of urea groups is 1. The fourth-order valence-electron chi connectivity index (χ4n) is 3.80. The van der Waals surface area contributed by atoms with Crippen LogP contribution in [-0.4, -0.2) is 27.6 Å². The van der Waals surface area contributed by atoms with Crippen LogP contribution in [0.3, 0.4) is 0 Å². The number of rotatable bonds is 6. The summed E-state index contributed by atoms with van der Waals surface area (Å²) in [5.41, 5.74) is 4.66. The van der Waals surface area contributed by atoms with E-state index < -0.39 is 0 Å². The van der Waals surface area contributed by atoms with E-state index in [0.29, 0.717) is 23.3 Å². The number of allylic oxidation sites excluding steroid dienone is 1. The molecule has 160 valence electrons. The van der Waals surface area contributed by atoms with Gasteiger partial charge in [0.1, 0.15) is 0 Å². The molecule has 0 saturated heterocycles. The molecule has 6 nitrogen and oxygen atoms in total. The van der Waals surface area contributed by atoms with Crippen molar-refractivity contribution in [3.8, 4) is 11.4 Å². The molecule has 7 heteroatoms. The monoisotopic (exact) mass is 436 g/mol. The zero-order valence-electron chi connectivity index (χ0n) is 17.9. The lowest BCUT2D eigenvalue weighted by Crippen LogP contribution is -2.46. The summed E-state index contributed by atoms with van der Waals surface area (Å²) in [5, 5.41) is 7.95. The predicted octanol–water partition coefficient (Wildman–Crippen LogP) is 5.86. The Morgan fingerprint density at radius 2 is 1.81 bits per heavy atom. The van der Waals surface area contributed by atoms with E-state index in [1.165, 1.54) is 5.56 Å². The van der Waals surface area contributed by atoms with Crippen molar-refractivity contribution in [1.29, 1.82) is 0 Å². The van der Waals surface area contributed by atoms with Gasteiger partial charge in [0, 0.05) is 22.8 Å². The summed E-state index contributed by atoms with van der Waals surface area (Å²) in [6, 6.07) is 15.1. The molecule has 1 aliphatic rings. The Kier molecular flexibility index (Phi) is 6.09. The van der Waals surface area contributed by atoms with E-state index in [1.807, 2.05) is 38.1 Å². The Labute approximate surface area is 186 Å². The van der Waals surface area contributed by atoms with E-state index in [1.54, 1.807) is 17.0 Å². The Morgan fingerprint density at radius 1 is 1.10 bits per heavy atom. The highest BCUT2D eigenvalue weighted by atomic mass is 35.5. The van der Waals surface area contributed by atoms with Crippen LogP contribution in [-0.2, 0) is 6.42 Å². The Hall–Kier alpha value is -3.12. The van der Waals surface area contributed by atoms with Gasteiger partial charge in [0.25, 0.3) is 5.89 Å². The number of amides is 2. The molecule has 0 radical (unpaired) electrons. The van der Waals surface area contributed by atoms with Gasteiger partial charge in [0.15, 0.2) is 0 Å². The molecule has 1 atom stereocenters. The van der Waals surface area contributed by atoms with Crippen LogP contribution in [0, 0.1) is 0 Å². The van der Waals surface area contributed by atoms with Crippen LogP contribution < -0.4 is 5.32 Å². The summed E-state index contributed by atoms with van der Waals surface area (Å²) in [6.07, 6.45) is 1.80. The van der Waals surface area contributed by atoms with Crippen molar-refractivity contribution in [2.24, 2.45) is 0 Å². The lowest BCUT2D eigenvalue weighted by molar-refractivity contribution is 0.205. The molecule has 2 amide bonds. The molecule has 2 heterocycles. The van der Waals surface area contributed by atoms with Crippen molar-refractivity contribution in [3.63, 3.8) is 0 Å². The third kappa shape index (κ3) is 4.21. The fraction of sp³-hybridized carbons (Fsp3) is 0.292. The smallest absolute Gasteiger partial charge is 0.322 e. The Bertz CT molecular complexity index is 1100. The van der Waals surface area contributed by atoms with Gasteiger partial charge in [0.05, 0.1) is 11.6 Å². The second-order valence-corrected chi connectivity index (χ2v) is 7.99. The molecule has 0 spiro atoms. The average Bonchev–Trinajstić information content (AvgIpc) is 3.26. The van der Waals surface area contributed by atoms with E-state index in [-0.39, 0.29) is 12.1 Å². The van der Waals surface area contributed by atoms with Gasteiger partial charge in [-0.15, -0.1) is 0 Å². The van der Waals surface area contributed by atoms with Gasteiger partial charge in [-0.25, -0.2) is 4.79 Å². The topological polar surface area (TPSA) is 71.3 Å². The van der Waals surface area contributed by atoms with Crippen LogP contribution in [0.15, 0.2) is 58.8 Å². The first kappa shape index (κ1) is 21.1. The fourth-order valence-corrected chi connectivity index (χ4v) is 3.92. The number of aryl methyl sites for hydroxylation is 1. The lowest BCUT2D eigenvalue weighted by Gasteiger charge is -2.35. The molecule has 3 aromatic rings. The number of nitrogens with zero attached hydrogens (tertiary/aromatic N) is 3. The van der Waals surface area contributed by atoms with E-state index >= 15 is 0 Å². The second-order valence-electron chi connectivity index (χ2n) is 7.56. The molecule has 0 saturated carbocycles. The third-order valence-electron chi connectivity index (χ3n) is 5.52. The zero-order chi connectivity index (χ0) is 22.0. The molecule has 31 heavy (non-hydrogen) atoms. The number of hydrogen-bond donors (Lipinski definition) is 1. The second kappa shape index (κ2) is 8.94. The third-order valence-corrected chi connectivity index (χ3v) is 5.78. The van der Waals surface area contributed by atoms with Crippen molar-refractivity contribution in [2.75, 3.05) is 6.54 Å². The largest absolute Gasteiger partial charge is 0.334 e. The number of halogens is 1. The van der Waals surface area contributed by atoms with Gasteiger partial charge in [-0.3, -0.25) is 4.90 Å². The minimum Gasteiger partial charge on any atom is -0.334 e. The molecule has 1 unspecified atom stereocenters. The first-order valence-electron chi connectivity index (χ1n) is 10.5. The van der Waals surface area contributed by atoms with Gasteiger partial charge < -0.3 is 9.84 Å². The number of carbonyl (C=O) groups is 1. The van der Waals surface area contributed by atoms with Crippen LogP contribution in [0.4, 0.5) is 4.79 Å². The highest BCUT2D eigenvalue weighted by Crippen LogP contribution is 2.37. The van der Waals surface area contributed by atoms with E-state index in [4.69, 9.17) is 16.1 Å². The van der Waals surface area contributed by atoms with Crippen LogP contribution >= 0.6 is 11.6 Å². The standard InChI is InChI=1S/C24H25ClN4O2/c1-4-14-29-15(3)20(21(26-24(29)30)17-8-6-16(5-2)7-9-17)23-27-22(28-31-23)18-10-12-19(25)13-11-18/h6-13,21H,4-5,14H2,1-3H3,(H,26,30). The maximum absolute atomic E-state index is 12.8. The van der Waals surface area contributed by atoms with Crippen LogP contribution in [0.5, 0.6) is 0 Å². The number of carbonyl (C=O) groups excluding carboxylic acids is 1. The minimum atomic E-state index is -0.370. The van der Waals surface area contributed by atoms with Gasteiger partial charge in [-0.1, -0.05) is 54.9 Å². The summed E-state index contributed by atoms with van der Waals surface area (Å²) in [5.74, 6) is 0.874. The number of benzene rings is 2. The molecule has 0 fully saturated rings. The number of aromatic nitrogens is 2. The summed E-state index contributed by atoms with van der Waals surface area (Å²) < 4.78 is 5.69. The highest BCUT2D eigenvalue weighted by Gasteiger charge is 2.35. The van der Waals surface area contributed by atoms with Crippen molar-refractivity contribution >= 4 is 23.2 Å². The maximum atomic E-state index is 12.8. The lowest BCUT2D eigenvalue weighted by atomic mass is 9.93. The van der Waals surface area contributed by atoms with Gasteiger partial charge in [-0.05, 0) is 55.2 Å². The van der Waals surface area contributed by atoms with Crippen LogP contribution in [0.2, 0.25) is 5.02 Å². The maximum Gasteiger partial charge on any atom is 0.322 e. The summed E-state index contributed by atoms with van der Waals surface area (Å²) in [7, 11) is 0. The number of nitrogens with one attached hydrogen (secondary N) is 1. The molecule has 0 aliphatic carbocycles. The Balaban J connectivity index is 1.79. The zero-order valence-corrected chi connectivity index (χ0v) is 18.6. The van der Waals surface area contributed by atoms with E-state index in [9.17, 15) is 4.79 Å². The van der Waals surface area contributed by atoms with Gasteiger partial charge in [-0.2, -0.15) is 4.98 Å². The summed E-state index contributed by atoms with van der Waals surface area (Å²) in [6.45, 7) is 6.71. The van der Waals surface area contributed by atoms with E-state index in [0.717, 1.165) is 35.2 Å². The molecular formula is C24H25ClN4O2. The molecule has 4 rings (SSSR count).